The van der Waals surface area contributed by atoms with Crippen molar-refractivity contribution in [3.05, 3.63) is 54.1 Å². The summed E-state index contributed by atoms with van der Waals surface area (Å²) in [5.74, 6) is 2.09. The second-order valence-electron chi connectivity index (χ2n) is 9.22. The van der Waals surface area contributed by atoms with Gasteiger partial charge in [-0.15, -0.1) is 0 Å². The zero-order chi connectivity index (χ0) is 21.9. The van der Waals surface area contributed by atoms with Crippen molar-refractivity contribution in [2.24, 2.45) is 5.92 Å². The molecule has 0 saturated heterocycles. The highest BCUT2D eigenvalue weighted by atomic mass is 16.5. The van der Waals surface area contributed by atoms with Crippen LogP contribution >= 0.6 is 0 Å². The number of carbonyl (C=O) groups is 1. The van der Waals surface area contributed by atoms with Crippen LogP contribution in [0.15, 0.2) is 48.5 Å². The maximum atomic E-state index is 12.6. The van der Waals surface area contributed by atoms with Crippen molar-refractivity contribution < 1.29 is 9.53 Å². The Kier molecular flexibility index (Phi) is 9.65. The summed E-state index contributed by atoms with van der Waals surface area (Å²) < 4.78 is 5.90. The Balaban J connectivity index is 1.48. The average Bonchev–Trinajstić information content (AvgIpc) is 2.79. The monoisotopic (exact) mass is 420 g/mol. The van der Waals surface area contributed by atoms with Gasteiger partial charge in [0.05, 0.1) is 6.61 Å². The van der Waals surface area contributed by atoms with Crippen LogP contribution in [0.1, 0.15) is 96.0 Å². The van der Waals surface area contributed by atoms with E-state index in [-0.39, 0.29) is 5.92 Å². The zero-order valence-corrected chi connectivity index (χ0v) is 19.6. The molecule has 0 bridgehead atoms. The normalized spacial score (nSPS) is 18.8. The van der Waals surface area contributed by atoms with Crippen molar-refractivity contribution >= 4 is 5.78 Å². The van der Waals surface area contributed by atoms with Crippen molar-refractivity contribution in [1.82, 2.24) is 0 Å². The summed E-state index contributed by atoms with van der Waals surface area (Å²) in [6.07, 6.45) is 13.0. The highest BCUT2D eigenvalue weighted by Gasteiger charge is 2.29. The lowest BCUT2D eigenvalue weighted by Gasteiger charge is -2.27. The highest BCUT2D eigenvalue weighted by Crippen LogP contribution is 2.36. The van der Waals surface area contributed by atoms with Gasteiger partial charge in [0.2, 0.25) is 0 Å². The van der Waals surface area contributed by atoms with Crippen LogP contribution < -0.4 is 4.74 Å². The van der Waals surface area contributed by atoms with Crippen LogP contribution in [0.2, 0.25) is 0 Å². The Hall–Kier alpha value is -2.09. The standard InChI is InChI=1S/C29H40O2/c1-3-5-6-7-8-9-21-31-27-18-16-25(17-19-27)24-12-14-26(15-13-24)28-20-11-23(10-4-2)22-29(28)30/h12-19,23,28H,3-11,20-22H2,1-2H3/t23-,28+/m1/s1. The molecule has 1 saturated carbocycles. The third kappa shape index (κ3) is 7.23. The van der Waals surface area contributed by atoms with Crippen LogP contribution in [0, 0.1) is 5.92 Å². The molecule has 2 nitrogen and oxygen atoms in total. The molecule has 0 amide bonds. The topological polar surface area (TPSA) is 26.3 Å². The number of ketones is 1. The van der Waals surface area contributed by atoms with Crippen LogP contribution in [0.3, 0.4) is 0 Å². The van der Waals surface area contributed by atoms with Gasteiger partial charge in [0.1, 0.15) is 11.5 Å². The SMILES string of the molecule is CCCCCCCCOc1ccc(-c2ccc([C@@H]3CC[C@@H](CCC)CC3=O)cc2)cc1. The molecule has 0 unspecified atom stereocenters. The van der Waals surface area contributed by atoms with Crippen LogP contribution in [0.4, 0.5) is 0 Å². The summed E-state index contributed by atoms with van der Waals surface area (Å²) >= 11 is 0. The van der Waals surface area contributed by atoms with Gasteiger partial charge in [-0.1, -0.05) is 95.2 Å². The summed E-state index contributed by atoms with van der Waals surface area (Å²) in [6, 6.07) is 17.0. The molecule has 0 aromatic heterocycles. The fourth-order valence-corrected chi connectivity index (χ4v) is 4.82. The molecular weight excluding hydrogens is 380 g/mol. The number of rotatable bonds is 12. The number of hydrogen-bond acceptors (Lipinski definition) is 2. The largest absolute Gasteiger partial charge is 0.494 e. The van der Waals surface area contributed by atoms with E-state index in [4.69, 9.17) is 4.74 Å². The number of hydrogen-bond donors (Lipinski definition) is 0. The summed E-state index contributed by atoms with van der Waals surface area (Å²) in [6.45, 7) is 5.26. The van der Waals surface area contributed by atoms with E-state index < -0.39 is 0 Å². The Bertz CT molecular complexity index is 775. The van der Waals surface area contributed by atoms with E-state index in [1.165, 1.54) is 68.1 Å². The molecule has 2 atom stereocenters. The van der Waals surface area contributed by atoms with Gasteiger partial charge < -0.3 is 4.74 Å². The van der Waals surface area contributed by atoms with E-state index >= 15 is 0 Å². The quantitative estimate of drug-likeness (QED) is 0.322. The van der Waals surface area contributed by atoms with Crippen molar-refractivity contribution in [2.75, 3.05) is 6.61 Å². The Morgan fingerprint density at radius 3 is 2.06 bits per heavy atom. The van der Waals surface area contributed by atoms with E-state index in [2.05, 4.69) is 62.4 Å². The maximum absolute atomic E-state index is 12.6. The van der Waals surface area contributed by atoms with Gasteiger partial charge in [-0.05, 0) is 54.0 Å². The van der Waals surface area contributed by atoms with Crippen LogP contribution in [0.5, 0.6) is 5.75 Å². The van der Waals surface area contributed by atoms with Crippen molar-refractivity contribution in [3.63, 3.8) is 0 Å². The third-order valence-electron chi connectivity index (χ3n) is 6.71. The maximum Gasteiger partial charge on any atom is 0.140 e. The van der Waals surface area contributed by atoms with E-state index in [0.717, 1.165) is 31.6 Å². The van der Waals surface area contributed by atoms with E-state index in [9.17, 15) is 4.79 Å². The summed E-state index contributed by atoms with van der Waals surface area (Å²) in [5.41, 5.74) is 3.57. The molecule has 31 heavy (non-hydrogen) atoms. The molecule has 1 aliphatic carbocycles. The molecule has 0 aliphatic heterocycles. The molecule has 0 spiro atoms. The molecular formula is C29H40O2. The number of benzene rings is 2. The van der Waals surface area contributed by atoms with Gasteiger partial charge >= 0.3 is 0 Å². The summed E-state index contributed by atoms with van der Waals surface area (Å²) in [4.78, 5) is 12.6. The molecule has 1 fully saturated rings. The van der Waals surface area contributed by atoms with Gasteiger partial charge in [-0.2, -0.15) is 0 Å². The number of Topliss-reactive ketones (excluding diaryl/α,β-unsaturated/α-hetero) is 1. The zero-order valence-electron chi connectivity index (χ0n) is 19.6. The highest BCUT2D eigenvalue weighted by molar-refractivity contribution is 5.86. The fraction of sp³-hybridized carbons (Fsp3) is 0.552. The molecule has 0 N–H and O–H groups in total. The Labute approximate surface area is 189 Å². The molecule has 2 aromatic rings. The van der Waals surface area contributed by atoms with Gasteiger partial charge in [0.25, 0.3) is 0 Å². The van der Waals surface area contributed by atoms with Crippen molar-refractivity contribution in [1.29, 1.82) is 0 Å². The van der Waals surface area contributed by atoms with Gasteiger partial charge in [0.15, 0.2) is 0 Å². The van der Waals surface area contributed by atoms with Crippen molar-refractivity contribution in [3.8, 4) is 16.9 Å². The first-order chi connectivity index (χ1) is 15.2. The molecule has 0 heterocycles. The molecule has 168 valence electrons. The lowest BCUT2D eigenvalue weighted by Crippen LogP contribution is -2.23. The van der Waals surface area contributed by atoms with Crippen LogP contribution in [-0.2, 0) is 4.79 Å². The second-order valence-corrected chi connectivity index (χ2v) is 9.22. The minimum atomic E-state index is 0.0971. The van der Waals surface area contributed by atoms with E-state index in [1.54, 1.807) is 0 Å². The minimum absolute atomic E-state index is 0.0971. The fourth-order valence-electron chi connectivity index (χ4n) is 4.82. The molecule has 3 rings (SSSR count). The first kappa shape index (κ1) is 23.6. The Morgan fingerprint density at radius 2 is 1.42 bits per heavy atom. The lowest BCUT2D eigenvalue weighted by molar-refractivity contribution is -0.123. The van der Waals surface area contributed by atoms with Crippen LogP contribution in [-0.4, -0.2) is 12.4 Å². The predicted molar refractivity (Wildman–Crippen MR) is 131 cm³/mol. The number of unbranched alkanes of at least 4 members (excludes halogenated alkanes) is 5. The molecule has 0 radical (unpaired) electrons. The predicted octanol–water partition coefficient (Wildman–Crippen LogP) is 8.35. The van der Waals surface area contributed by atoms with E-state index in [0.29, 0.717) is 11.7 Å². The van der Waals surface area contributed by atoms with Crippen molar-refractivity contribution in [2.45, 2.75) is 90.4 Å². The molecule has 2 aromatic carbocycles. The third-order valence-corrected chi connectivity index (χ3v) is 6.71. The summed E-state index contributed by atoms with van der Waals surface area (Å²) in [5, 5.41) is 0. The minimum Gasteiger partial charge on any atom is -0.494 e. The van der Waals surface area contributed by atoms with Gasteiger partial charge in [-0.25, -0.2) is 0 Å². The number of ether oxygens (including phenoxy) is 1. The first-order valence-electron chi connectivity index (χ1n) is 12.6. The smallest absolute Gasteiger partial charge is 0.140 e. The molecule has 2 heteroatoms. The second kappa shape index (κ2) is 12.7. The number of carbonyl (C=O) groups excluding carboxylic acids is 1. The Morgan fingerprint density at radius 1 is 0.774 bits per heavy atom. The lowest BCUT2D eigenvalue weighted by atomic mass is 9.76. The molecule has 1 aliphatic rings. The first-order valence-corrected chi connectivity index (χ1v) is 12.6. The van der Waals surface area contributed by atoms with E-state index in [1.807, 2.05) is 0 Å². The summed E-state index contributed by atoms with van der Waals surface area (Å²) in [7, 11) is 0. The van der Waals surface area contributed by atoms with Gasteiger partial charge in [-0.3, -0.25) is 4.79 Å². The average molecular weight is 421 g/mol. The van der Waals surface area contributed by atoms with Crippen LogP contribution in [0.25, 0.3) is 11.1 Å². The van der Waals surface area contributed by atoms with Gasteiger partial charge in [0, 0.05) is 12.3 Å².